The quantitative estimate of drug-likeness (QED) is 0.837. The number of benzene rings is 1. The van der Waals surface area contributed by atoms with Gasteiger partial charge in [-0.2, -0.15) is 0 Å². The highest BCUT2D eigenvalue weighted by Gasteiger charge is 2.32. The zero-order valence-electron chi connectivity index (χ0n) is 13.0. The van der Waals surface area contributed by atoms with Gasteiger partial charge in [-0.3, -0.25) is 4.79 Å². The molecule has 1 unspecified atom stereocenters. The maximum atomic E-state index is 12.4. The lowest BCUT2D eigenvalue weighted by molar-refractivity contribution is -0.118. The summed E-state index contributed by atoms with van der Waals surface area (Å²) in [4.78, 5) is 14.2. The molecule has 1 atom stereocenters. The highest BCUT2D eigenvalue weighted by atomic mass is 16.5. The number of anilines is 1. The number of ether oxygens (including phenoxy) is 2. The van der Waals surface area contributed by atoms with E-state index in [9.17, 15) is 4.79 Å². The van der Waals surface area contributed by atoms with Crippen LogP contribution in [0.15, 0.2) is 18.2 Å². The molecule has 0 spiro atoms. The van der Waals surface area contributed by atoms with Crippen molar-refractivity contribution >= 4 is 11.6 Å². The first-order valence-electron chi connectivity index (χ1n) is 7.65. The van der Waals surface area contributed by atoms with Crippen molar-refractivity contribution in [2.24, 2.45) is 0 Å². The molecule has 1 aliphatic heterocycles. The molecule has 1 fully saturated rings. The fourth-order valence-electron chi connectivity index (χ4n) is 2.58. The van der Waals surface area contributed by atoms with Crippen LogP contribution in [0.5, 0.6) is 11.5 Å². The summed E-state index contributed by atoms with van der Waals surface area (Å²) in [5.41, 5.74) is 0.868. The van der Waals surface area contributed by atoms with Gasteiger partial charge in [0.05, 0.1) is 19.3 Å². The van der Waals surface area contributed by atoms with E-state index in [0.717, 1.165) is 30.9 Å². The lowest BCUT2D eigenvalue weighted by Crippen LogP contribution is -2.38. The van der Waals surface area contributed by atoms with E-state index >= 15 is 0 Å². The Morgan fingerprint density at radius 3 is 2.57 bits per heavy atom. The third-order valence-electron chi connectivity index (χ3n) is 3.49. The number of nitrogens with one attached hydrogen (secondary N) is 1. The number of amides is 1. The molecule has 1 N–H and O–H groups in total. The van der Waals surface area contributed by atoms with Crippen LogP contribution in [0.1, 0.15) is 27.2 Å². The summed E-state index contributed by atoms with van der Waals surface area (Å²) < 4.78 is 11.2. The molecule has 1 heterocycles. The second-order valence-corrected chi connectivity index (χ2v) is 4.89. The number of hydrogen-bond donors (Lipinski definition) is 1. The number of carbonyl (C=O) groups is 1. The van der Waals surface area contributed by atoms with Crippen molar-refractivity contribution < 1.29 is 14.3 Å². The van der Waals surface area contributed by atoms with E-state index in [1.165, 1.54) is 0 Å². The summed E-state index contributed by atoms with van der Waals surface area (Å²) in [5.74, 6) is 1.54. The van der Waals surface area contributed by atoms with E-state index in [0.29, 0.717) is 19.0 Å². The summed E-state index contributed by atoms with van der Waals surface area (Å²) in [7, 11) is 0. The van der Waals surface area contributed by atoms with Crippen molar-refractivity contribution in [1.82, 2.24) is 5.32 Å². The predicted molar refractivity (Wildman–Crippen MR) is 83.2 cm³/mol. The molecule has 116 valence electrons. The summed E-state index contributed by atoms with van der Waals surface area (Å²) >= 11 is 0. The van der Waals surface area contributed by atoms with Gasteiger partial charge in [-0.1, -0.05) is 6.92 Å². The Morgan fingerprint density at radius 2 is 1.90 bits per heavy atom. The van der Waals surface area contributed by atoms with Gasteiger partial charge in [0, 0.05) is 18.3 Å². The van der Waals surface area contributed by atoms with Crippen LogP contribution in [0, 0.1) is 0 Å². The van der Waals surface area contributed by atoms with E-state index in [4.69, 9.17) is 9.47 Å². The molecule has 2 rings (SSSR count). The second-order valence-electron chi connectivity index (χ2n) is 4.89. The lowest BCUT2D eigenvalue weighted by Gasteiger charge is -2.19. The maximum Gasteiger partial charge on any atom is 0.244 e. The first-order valence-corrected chi connectivity index (χ1v) is 7.65. The Hall–Kier alpha value is -1.75. The van der Waals surface area contributed by atoms with E-state index in [2.05, 4.69) is 5.32 Å². The lowest BCUT2D eigenvalue weighted by atomic mass is 10.2. The molecular weight excluding hydrogens is 268 g/mol. The largest absolute Gasteiger partial charge is 0.490 e. The third-order valence-corrected chi connectivity index (χ3v) is 3.49. The van der Waals surface area contributed by atoms with Crippen molar-refractivity contribution in [3.8, 4) is 11.5 Å². The maximum absolute atomic E-state index is 12.4. The average molecular weight is 292 g/mol. The molecule has 1 aromatic rings. The average Bonchev–Trinajstić information content (AvgIpc) is 2.83. The molecule has 0 radical (unpaired) electrons. The Bertz CT molecular complexity index is 490. The molecule has 1 amide bonds. The Labute approximate surface area is 126 Å². The number of carbonyl (C=O) groups excluding carboxylic acids is 1. The number of likely N-dealkylation sites (N-methyl/N-ethyl adjacent to an activating group) is 1. The van der Waals surface area contributed by atoms with E-state index in [-0.39, 0.29) is 11.9 Å². The van der Waals surface area contributed by atoms with Crippen LogP contribution < -0.4 is 19.7 Å². The molecule has 0 aliphatic carbocycles. The van der Waals surface area contributed by atoms with E-state index in [1.807, 2.05) is 43.9 Å². The van der Waals surface area contributed by atoms with Crippen molar-refractivity contribution in [2.75, 3.05) is 31.2 Å². The zero-order valence-corrected chi connectivity index (χ0v) is 13.0. The van der Waals surface area contributed by atoms with E-state index in [1.54, 1.807) is 0 Å². The SMILES string of the molecule is CCNC1CCN(c2ccc(OCC)c(OCC)c2)C1=O. The summed E-state index contributed by atoms with van der Waals surface area (Å²) in [6.07, 6.45) is 0.837. The van der Waals surface area contributed by atoms with Gasteiger partial charge in [0.15, 0.2) is 11.5 Å². The molecule has 21 heavy (non-hydrogen) atoms. The topological polar surface area (TPSA) is 50.8 Å². The first-order chi connectivity index (χ1) is 10.2. The molecular formula is C16H24N2O3. The highest BCUT2D eigenvalue weighted by Crippen LogP contribution is 2.33. The number of hydrogen-bond acceptors (Lipinski definition) is 4. The normalized spacial score (nSPS) is 18.1. The highest BCUT2D eigenvalue weighted by molar-refractivity contribution is 5.99. The van der Waals surface area contributed by atoms with Crippen molar-refractivity contribution in [1.29, 1.82) is 0 Å². The third kappa shape index (κ3) is 3.47. The number of rotatable bonds is 7. The van der Waals surface area contributed by atoms with Crippen molar-refractivity contribution in [2.45, 2.75) is 33.2 Å². The number of nitrogens with zero attached hydrogens (tertiary/aromatic N) is 1. The van der Waals surface area contributed by atoms with Gasteiger partial charge >= 0.3 is 0 Å². The Balaban J connectivity index is 2.20. The molecule has 0 bridgehead atoms. The smallest absolute Gasteiger partial charge is 0.244 e. The molecule has 1 aliphatic rings. The van der Waals surface area contributed by atoms with Gasteiger partial charge in [0.1, 0.15) is 0 Å². The minimum atomic E-state index is -0.0721. The van der Waals surface area contributed by atoms with Crippen LogP contribution in [0.3, 0.4) is 0 Å². The first kappa shape index (κ1) is 15.6. The molecule has 1 aromatic carbocycles. The fraction of sp³-hybridized carbons (Fsp3) is 0.562. The van der Waals surface area contributed by atoms with Gasteiger partial charge in [0.25, 0.3) is 0 Å². The summed E-state index contributed by atoms with van der Waals surface area (Å²) in [6.45, 7) is 8.58. The van der Waals surface area contributed by atoms with Crippen molar-refractivity contribution in [3.05, 3.63) is 18.2 Å². The predicted octanol–water partition coefficient (Wildman–Crippen LogP) is 2.20. The van der Waals surface area contributed by atoms with Crippen LogP contribution in [0.2, 0.25) is 0 Å². The van der Waals surface area contributed by atoms with Gasteiger partial charge in [0.2, 0.25) is 5.91 Å². The fourth-order valence-corrected chi connectivity index (χ4v) is 2.58. The molecule has 0 aromatic heterocycles. The minimum Gasteiger partial charge on any atom is -0.490 e. The molecule has 1 saturated heterocycles. The minimum absolute atomic E-state index is 0.0721. The monoisotopic (exact) mass is 292 g/mol. The van der Waals surface area contributed by atoms with Crippen LogP contribution in [0.4, 0.5) is 5.69 Å². The van der Waals surface area contributed by atoms with Crippen LogP contribution >= 0.6 is 0 Å². The standard InChI is InChI=1S/C16H24N2O3/c1-4-17-13-9-10-18(16(13)19)12-7-8-14(20-5-2)15(11-12)21-6-3/h7-8,11,13,17H,4-6,9-10H2,1-3H3. The Morgan fingerprint density at radius 1 is 1.19 bits per heavy atom. The summed E-state index contributed by atoms with van der Waals surface area (Å²) in [6, 6.07) is 5.61. The van der Waals surface area contributed by atoms with Gasteiger partial charge < -0.3 is 19.7 Å². The van der Waals surface area contributed by atoms with Gasteiger partial charge in [-0.15, -0.1) is 0 Å². The van der Waals surface area contributed by atoms with Crippen LogP contribution in [-0.2, 0) is 4.79 Å². The van der Waals surface area contributed by atoms with Gasteiger partial charge in [-0.05, 0) is 38.9 Å². The second kappa shape index (κ2) is 7.31. The summed E-state index contributed by atoms with van der Waals surface area (Å²) in [5, 5.41) is 3.22. The zero-order chi connectivity index (χ0) is 15.2. The van der Waals surface area contributed by atoms with Gasteiger partial charge in [-0.25, -0.2) is 0 Å². The van der Waals surface area contributed by atoms with Crippen LogP contribution in [0.25, 0.3) is 0 Å². The van der Waals surface area contributed by atoms with E-state index < -0.39 is 0 Å². The molecule has 5 nitrogen and oxygen atoms in total. The van der Waals surface area contributed by atoms with Crippen LogP contribution in [-0.4, -0.2) is 38.3 Å². The van der Waals surface area contributed by atoms with Crippen molar-refractivity contribution in [3.63, 3.8) is 0 Å². The molecule has 5 heteroatoms. The Kier molecular flexibility index (Phi) is 5.44. The molecule has 0 saturated carbocycles.